The molecule has 3 aromatic rings. The van der Waals surface area contributed by atoms with Gasteiger partial charge in [-0.2, -0.15) is 13.2 Å². The smallest absolute Gasteiger partial charge is 0.451 e. The van der Waals surface area contributed by atoms with Gasteiger partial charge < -0.3 is 25.5 Å². The van der Waals surface area contributed by atoms with Gasteiger partial charge in [0.15, 0.2) is 0 Å². The van der Waals surface area contributed by atoms with Crippen molar-refractivity contribution in [1.29, 1.82) is 0 Å². The number of furan rings is 1. The largest absolute Gasteiger partial charge is 0.480 e. The Kier molecular flexibility index (Phi) is 7.32. The minimum atomic E-state index is -4.78. The molecule has 3 rings (SSSR count). The van der Waals surface area contributed by atoms with E-state index in [1.165, 1.54) is 31.2 Å². The zero-order valence-corrected chi connectivity index (χ0v) is 18.7. The number of carbonyl (C=O) groups excluding carboxylic acids is 1. The van der Waals surface area contributed by atoms with Gasteiger partial charge in [0.25, 0.3) is 16.8 Å². The molecule has 0 radical (unpaired) electrons. The van der Waals surface area contributed by atoms with Crippen molar-refractivity contribution in [2.45, 2.75) is 38.9 Å². The molecule has 0 bridgehead atoms. The molecule has 2 aromatic carbocycles. The van der Waals surface area contributed by atoms with Gasteiger partial charge in [-0.3, -0.25) is 14.4 Å². The fourth-order valence-electron chi connectivity index (χ4n) is 3.36. The second-order valence-corrected chi connectivity index (χ2v) is 7.82. The molecule has 0 aliphatic heterocycles. The van der Waals surface area contributed by atoms with Crippen molar-refractivity contribution < 1.29 is 32.3 Å². The Morgan fingerprint density at radius 3 is 2.29 bits per heavy atom. The zero-order chi connectivity index (χ0) is 25.9. The second-order valence-electron chi connectivity index (χ2n) is 7.82. The van der Waals surface area contributed by atoms with Crippen LogP contribution >= 0.6 is 0 Å². The van der Waals surface area contributed by atoms with Crippen molar-refractivity contribution in [2.75, 3.05) is 22.5 Å². The van der Waals surface area contributed by atoms with E-state index in [0.29, 0.717) is 18.5 Å². The van der Waals surface area contributed by atoms with Crippen molar-refractivity contribution in [2.24, 2.45) is 0 Å². The first-order valence-corrected chi connectivity index (χ1v) is 10.6. The Bertz CT molecular complexity index is 1300. The predicted octanol–water partition coefficient (Wildman–Crippen LogP) is 3.38. The molecule has 9 nitrogen and oxygen atoms in total. The van der Waals surface area contributed by atoms with Crippen molar-refractivity contribution in [3.05, 3.63) is 73.4 Å². The number of hydrogen-bond donors (Lipinski definition) is 4. The molecule has 0 fully saturated rings. The predicted molar refractivity (Wildman–Crippen MR) is 122 cm³/mol. The molecule has 0 unspecified atom stereocenters. The zero-order valence-electron chi connectivity index (χ0n) is 18.7. The number of benzene rings is 1. The second kappa shape index (κ2) is 10.0. The third-order valence-electron chi connectivity index (χ3n) is 5.10. The minimum Gasteiger partial charge on any atom is -0.480 e. The highest BCUT2D eigenvalue weighted by Crippen LogP contribution is 2.37. The molecule has 0 aliphatic rings. The van der Waals surface area contributed by atoms with Gasteiger partial charge in [0.1, 0.15) is 23.2 Å². The van der Waals surface area contributed by atoms with Crippen LogP contribution < -0.4 is 26.8 Å². The van der Waals surface area contributed by atoms with Crippen LogP contribution in [0.2, 0.25) is 0 Å². The molecular weight excluding hydrogens is 471 g/mol. The number of anilines is 3. The molecule has 0 saturated heterocycles. The number of hydrogen-bond acceptors (Lipinski definition) is 7. The minimum absolute atomic E-state index is 0.0232. The summed E-state index contributed by atoms with van der Waals surface area (Å²) in [6.07, 6.45) is -4.19. The average Bonchev–Trinajstić information content (AvgIpc) is 3.18. The third-order valence-corrected chi connectivity index (χ3v) is 5.10. The highest BCUT2D eigenvalue weighted by atomic mass is 19.4. The summed E-state index contributed by atoms with van der Waals surface area (Å²) in [6.45, 7) is 3.61. The maximum absolute atomic E-state index is 13.1. The van der Waals surface area contributed by atoms with E-state index in [4.69, 9.17) is 0 Å². The van der Waals surface area contributed by atoms with Crippen LogP contribution in [0, 0.1) is 6.92 Å². The number of carbonyl (C=O) groups is 2. The van der Waals surface area contributed by atoms with E-state index in [2.05, 4.69) is 20.4 Å². The normalized spacial score (nSPS) is 12.4. The fourth-order valence-corrected chi connectivity index (χ4v) is 3.36. The van der Waals surface area contributed by atoms with Crippen LogP contribution in [0.3, 0.4) is 0 Å². The molecule has 12 heteroatoms. The van der Waals surface area contributed by atoms with Crippen molar-refractivity contribution in [1.82, 2.24) is 0 Å². The highest BCUT2D eigenvalue weighted by molar-refractivity contribution is 6.04. The standard InChI is InChI=1S/C23H22F3N3O6/c1-3-8-27-16-17(19(31)18(16)30)28-15(22(33)34)10-12-4-6-13(7-5-12)21(32)29-14-9-11(2)35-20(14)23(24,25)26/h4-7,9,15,27-28H,3,8,10H2,1-2H3,(H,29,32)(H,33,34)/t15-/m0/s1. The summed E-state index contributed by atoms with van der Waals surface area (Å²) in [4.78, 5) is 47.7. The quantitative estimate of drug-likeness (QED) is 0.316. The summed E-state index contributed by atoms with van der Waals surface area (Å²) < 4.78 is 43.8. The number of carboxylic acid groups (broad SMARTS) is 1. The highest BCUT2D eigenvalue weighted by Gasteiger charge is 2.38. The van der Waals surface area contributed by atoms with Gasteiger partial charge in [-0.25, -0.2) is 4.79 Å². The lowest BCUT2D eigenvalue weighted by Crippen LogP contribution is -2.42. The van der Waals surface area contributed by atoms with Crippen LogP contribution in [0.25, 0.3) is 0 Å². The van der Waals surface area contributed by atoms with Gasteiger partial charge in [-0.1, -0.05) is 19.1 Å². The van der Waals surface area contributed by atoms with E-state index in [0.717, 1.165) is 6.07 Å². The number of alkyl halides is 3. The maximum atomic E-state index is 13.1. The summed E-state index contributed by atoms with van der Waals surface area (Å²) in [7, 11) is 0. The van der Waals surface area contributed by atoms with Gasteiger partial charge in [0.2, 0.25) is 5.76 Å². The Morgan fingerprint density at radius 1 is 1.09 bits per heavy atom. The fraction of sp³-hybridized carbons (Fsp3) is 0.304. The van der Waals surface area contributed by atoms with Gasteiger partial charge in [-0.05, 0) is 31.0 Å². The van der Waals surface area contributed by atoms with Gasteiger partial charge >= 0.3 is 12.1 Å². The van der Waals surface area contributed by atoms with Gasteiger partial charge in [0.05, 0.1) is 5.69 Å². The monoisotopic (exact) mass is 493 g/mol. The van der Waals surface area contributed by atoms with Crippen LogP contribution in [0.1, 0.15) is 40.8 Å². The van der Waals surface area contributed by atoms with Crippen molar-refractivity contribution >= 4 is 28.9 Å². The van der Waals surface area contributed by atoms with E-state index < -0.39 is 46.4 Å². The number of nitrogens with one attached hydrogen (secondary N) is 3. The number of carboxylic acids is 1. The van der Waals surface area contributed by atoms with Crippen LogP contribution in [-0.4, -0.2) is 29.6 Å². The summed E-state index contributed by atoms with van der Waals surface area (Å²) in [6, 6.07) is 5.35. The number of aryl methyl sites for hydroxylation is 1. The first-order chi connectivity index (χ1) is 16.4. The molecule has 1 aromatic heterocycles. The Morgan fingerprint density at radius 2 is 1.71 bits per heavy atom. The topological polar surface area (TPSA) is 138 Å². The first kappa shape index (κ1) is 25.5. The Hall–Kier alpha value is -4.09. The van der Waals surface area contributed by atoms with Crippen molar-refractivity contribution in [3.63, 3.8) is 0 Å². The average molecular weight is 493 g/mol. The molecule has 0 spiro atoms. The summed E-state index contributed by atoms with van der Waals surface area (Å²) in [5.74, 6) is -3.42. The van der Waals surface area contributed by atoms with E-state index in [1.54, 1.807) is 0 Å². The van der Waals surface area contributed by atoms with Crippen LogP contribution in [0.5, 0.6) is 0 Å². The van der Waals surface area contributed by atoms with E-state index in [9.17, 15) is 37.5 Å². The van der Waals surface area contributed by atoms with E-state index in [-0.39, 0.29) is 29.1 Å². The van der Waals surface area contributed by atoms with E-state index >= 15 is 0 Å². The molecule has 0 saturated carbocycles. The van der Waals surface area contributed by atoms with Crippen LogP contribution in [0.4, 0.5) is 30.2 Å². The maximum Gasteiger partial charge on any atom is 0.451 e. The number of aliphatic carboxylic acids is 1. The van der Waals surface area contributed by atoms with Crippen LogP contribution in [-0.2, 0) is 17.4 Å². The molecule has 1 heterocycles. The molecule has 35 heavy (non-hydrogen) atoms. The molecule has 1 amide bonds. The summed E-state index contributed by atoms with van der Waals surface area (Å²) in [5, 5.41) is 17.1. The van der Waals surface area contributed by atoms with Crippen molar-refractivity contribution in [3.8, 4) is 0 Å². The molecule has 186 valence electrons. The summed E-state index contributed by atoms with van der Waals surface area (Å²) in [5.41, 5.74) is -1.59. The first-order valence-electron chi connectivity index (χ1n) is 10.6. The lowest BCUT2D eigenvalue weighted by Gasteiger charge is -2.19. The van der Waals surface area contributed by atoms with E-state index in [1.807, 2.05) is 6.92 Å². The SMILES string of the molecule is CCCNc1c(N[C@@H](Cc2ccc(C(=O)Nc3cc(C)oc3C(F)(F)F)cc2)C(=O)O)c(=O)c1=O. The lowest BCUT2D eigenvalue weighted by molar-refractivity contribution is -0.152. The lowest BCUT2D eigenvalue weighted by atomic mass is 10.0. The van der Waals surface area contributed by atoms with Gasteiger partial charge in [-0.15, -0.1) is 0 Å². The van der Waals surface area contributed by atoms with Gasteiger partial charge in [0, 0.05) is 24.6 Å². The molecule has 0 aliphatic carbocycles. The number of halogens is 3. The number of amides is 1. The van der Waals surface area contributed by atoms with Crippen LogP contribution in [0.15, 0.2) is 44.3 Å². The summed E-state index contributed by atoms with van der Waals surface area (Å²) >= 11 is 0. The number of rotatable bonds is 10. The molecule has 1 atom stereocenters. The third kappa shape index (κ3) is 5.70. The molecular formula is C23H22F3N3O6. The Balaban J connectivity index is 1.71. The molecule has 4 N–H and O–H groups in total. The Labute approximate surface area is 196 Å².